The third-order valence-electron chi connectivity index (χ3n) is 3.11. The molecular formula is C12H13ClFNO2. The number of piperidine rings is 1. The SMILES string of the molecule is O=C(O)C1CCN(c2ccc(F)c(Cl)c2)CC1. The second-order valence-electron chi connectivity index (χ2n) is 4.20. The summed E-state index contributed by atoms with van der Waals surface area (Å²) in [6.45, 7) is 1.33. The highest BCUT2D eigenvalue weighted by molar-refractivity contribution is 6.31. The van der Waals surface area contributed by atoms with Crippen LogP contribution in [0.25, 0.3) is 0 Å². The van der Waals surface area contributed by atoms with E-state index in [-0.39, 0.29) is 10.9 Å². The highest BCUT2D eigenvalue weighted by atomic mass is 35.5. The first-order valence-electron chi connectivity index (χ1n) is 5.50. The molecule has 17 heavy (non-hydrogen) atoms. The van der Waals surface area contributed by atoms with Crippen molar-refractivity contribution in [2.24, 2.45) is 5.92 Å². The zero-order chi connectivity index (χ0) is 12.4. The number of carboxylic acid groups (broad SMARTS) is 1. The third-order valence-corrected chi connectivity index (χ3v) is 3.40. The molecule has 0 atom stereocenters. The van der Waals surface area contributed by atoms with E-state index in [0.29, 0.717) is 25.9 Å². The fourth-order valence-corrected chi connectivity index (χ4v) is 2.24. The number of aliphatic carboxylic acids is 1. The molecule has 1 aliphatic heterocycles. The molecule has 1 heterocycles. The van der Waals surface area contributed by atoms with Crippen LogP contribution < -0.4 is 4.90 Å². The molecule has 1 saturated heterocycles. The number of carbonyl (C=O) groups is 1. The topological polar surface area (TPSA) is 40.5 Å². The van der Waals surface area contributed by atoms with Crippen LogP contribution in [0, 0.1) is 11.7 Å². The number of halogens is 2. The van der Waals surface area contributed by atoms with Gasteiger partial charge in [-0.1, -0.05) is 11.6 Å². The van der Waals surface area contributed by atoms with Crippen molar-refractivity contribution in [1.29, 1.82) is 0 Å². The van der Waals surface area contributed by atoms with Gasteiger partial charge in [-0.15, -0.1) is 0 Å². The summed E-state index contributed by atoms with van der Waals surface area (Å²) in [5, 5.41) is 8.99. The highest BCUT2D eigenvalue weighted by Gasteiger charge is 2.24. The van der Waals surface area contributed by atoms with Crippen molar-refractivity contribution in [2.45, 2.75) is 12.8 Å². The van der Waals surface area contributed by atoms with Crippen LogP contribution in [0.1, 0.15) is 12.8 Å². The maximum Gasteiger partial charge on any atom is 0.306 e. The van der Waals surface area contributed by atoms with Crippen LogP contribution >= 0.6 is 11.6 Å². The molecule has 1 aromatic rings. The average Bonchev–Trinajstić information content (AvgIpc) is 2.33. The van der Waals surface area contributed by atoms with E-state index in [1.165, 1.54) is 6.07 Å². The summed E-state index contributed by atoms with van der Waals surface area (Å²) in [7, 11) is 0. The predicted octanol–water partition coefficient (Wildman–Crippen LogP) is 2.78. The molecule has 3 nitrogen and oxygen atoms in total. The molecule has 2 rings (SSSR count). The van der Waals surface area contributed by atoms with E-state index < -0.39 is 11.8 Å². The number of hydrogen-bond acceptors (Lipinski definition) is 2. The molecule has 1 aromatic carbocycles. The molecule has 1 aliphatic rings. The van der Waals surface area contributed by atoms with Crippen molar-refractivity contribution in [1.82, 2.24) is 0 Å². The van der Waals surface area contributed by atoms with E-state index in [1.54, 1.807) is 12.1 Å². The molecule has 0 radical (unpaired) electrons. The maximum absolute atomic E-state index is 13.0. The molecule has 0 amide bonds. The van der Waals surface area contributed by atoms with Gasteiger partial charge in [0.2, 0.25) is 0 Å². The van der Waals surface area contributed by atoms with Crippen molar-refractivity contribution in [3.05, 3.63) is 29.0 Å². The monoisotopic (exact) mass is 257 g/mol. The maximum atomic E-state index is 13.0. The minimum atomic E-state index is -0.734. The Kier molecular flexibility index (Phi) is 3.52. The Hall–Kier alpha value is -1.29. The van der Waals surface area contributed by atoms with Gasteiger partial charge < -0.3 is 10.0 Å². The molecule has 0 saturated carbocycles. The van der Waals surface area contributed by atoms with Gasteiger partial charge >= 0.3 is 5.97 Å². The summed E-state index contributed by atoms with van der Waals surface area (Å²) in [4.78, 5) is 12.8. The zero-order valence-corrected chi connectivity index (χ0v) is 9.95. The van der Waals surface area contributed by atoms with E-state index in [2.05, 4.69) is 0 Å². The van der Waals surface area contributed by atoms with E-state index in [0.717, 1.165) is 5.69 Å². The Morgan fingerprint density at radius 2 is 2.06 bits per heavy atom. The summed E-state index contributed by atoms with van der Waals surface area (Å²) >= 11 is 5.72. The first-order chi connectivity index (χ1) is 8.08. The minimum Gasteiger partial charge on any atom is -0.481 e. The number of nitrogens with zero attached hydrogens (tertiary/aromatic N) is 1. The van der Waals surface area contributed by atoms with Crippen molar-refractivity contribution in [3.8, 4) is 0 Å². The number of hydrogen-bond donors (Lipinski definition) is 1. The standard InChI is InChI=1S/C12H13ClFNO2/c13-10-7-9(1-2-11(10)14)15-5-3-8(4-6-15)12(16)17/h1-2,7-8H,3-6H2,(H,16,17). The molecule has 0 spiro atoms. The lowest BCUT2D eigenvalue weighted by Crippen LogP contribution is -2.36. The second kappa shape index (κ2) is 4.92. The average molecular weight is 258 g/mol. The third kappa shape index (κ3) is 2.69. The van der Waals surface area contributed by atoms with E-state index in [9.17, 15) is 9.18 Å². The summed E-state index contributed by atoms with van der Waals surface area (Å²) in [6.07, 6.45) is 1.23. The summed E-state index contributed by atoms with van der Waals surface area (Å²) in [5.74, 6) is -1.43. The molecule has 0 aliphatic carbocycles. The first-order valence-corrected chi connectivity index (χ1v) is 5.88. The summed E-state index contributed by atoms with van der Waals surface area (Å²) in [5.41, 5.74) is 0.847. The van der Waals surface area contributed by atoms with Gasteiger partial charge in [0, 0.05) is 18.8 Å². The van der Waals surface area contributed by atoms with Crippen molar-refractivity contribution in [2.75, 3.05) is 18.0 Å². The molecular weight excluding hydrogens is 245 g/mol. The Labute approximate surface area is 104 Å². The second-order valence-corrected chi connectivity index (χ2v) is 4.61. The number of benzene rings is 1. The molecule has 0 unspecified atom stereocenters. The van der Waals surface area contributed by atoms with E-state index in [4.69, 9.17) is 16.7 Å². The minimum absolute atomic E-state index is 0.0999. The first kappa shape index (κ1) is 12.2. The van der Waals surface area contributed by atoms with Gasteiger partial charge in [0.15, 0.2) is 0 Å². The Morgan fingerprint density at radius 3 is 2.59 bits per heavy atom. The Balaban J connectivity index is 2.05. The highest BCUT2D eigenvalue weighted by Crippen LogP contribution is 2.26. The van der Waals surface area contributed by atoms with E-state index in [1.807, 2.05) is 4.90 Å². The largest absolute Gasteiger partial charge is 0.481 e. The van der Waals surface area contributed by atoms with Crippen LogP contribution in [0.15, 0.2) is 18.2 Å². The summed E-state index contributed by atoms with van der Waals surface area (Å²) in [6, 6.07) is 4.58. The van der Waals surface area contributed by atoms with Crippen LogP contribution in [0.3, 0.4) is 0 Å². The van der Waals surface area contributed by atoms with Gasteiger partial charge in [-0.2, -0.15) is 0 Å². The lowest BCUT2D eigenvalue weighted by molar-refractivity contribution is -0.142. The van der Waals surface area contributed by atoms with E-state index >= 15 is 0 Å². The molecule has 0 aromatic heterocycles. The van der Waals surface area contributed by atoms with Crippen molar-refractivity contribution >= 4 is 23.3 Å². The molecule has 0 bridgehead atoms. The normalized spacial score (nSPS) is 17.2. The van der Waals surface area contributed by atoms with Crippen molar-refractivity contribution < 1.29 is 14.3 Å². The fourth-order valence-electron chi connectivity index (χ4n) is 2.07. The Morgan fingerprint density at radius 1 is 1.41 bits per heavy atom. The smallest absolute Gasteiger partial charge is 0.306 e. The van der Waals surface area contributed by atoms with Gasteiger partial charge in [-0.25, -0.2) is 4.39 Å². The lowest BCUT2D eigenvalue weighted by Gasteiger charge is -2.32. The summed E-state index contributed by atoms with van der Waals surface area (Å²) < 4.78 is 13.0. The van der Waals surface area contributed by atoms with Crippen molar-refractivity contribution in [3.63, 3.8) is 0 Å². The lowest BCUT2D eigenvalue weighted by atomic mass is 9.97. The quantitative estimate of drug-likeness (QED) is 0.886. The molecule has 1 N–H and O–H groups in total. The Bertz CT molecular complexity index is 431. The van der Waals surface area contributed by atoms with Gasteiger partial charge in [-0.3, -0.25) is 4.79 Å². The molecule has 92 valence electrons. The van der Waals surface area contributed by atoms with Crippen LogP contribution in [0.5, 0.6) is 0 Å². The number of carboxylic acids is 1. The van der Waals surface area contributed by atoms with Gasteiger partial charge in [0.1, 0.15) is 5.82 Å². The fraction of sp³-hybridized carbons (Fsp3) is 0.417. The predicted molar refractivity (Wildman–Crippen MR) is 64.0 cm³/mol. The molecule has 1 fully saturated rings. The van der Waals surface area contributed by atoms with Crippen LogP contribution in [-0.4, -0.2) is 24.2 Å². The van der Waals surface area contributed by atoms with Crippen LogP contribution in [0.4, 0.5) is 10.1 Å². The van der Waals surface area contributed by atoms with Crippen LogP contribution in [-0.2, 0) is 4.79 Å². The number of anilines is 1. The number of rotatable bonds is 2. The molecule has 5 heteroatoms. The van der Waals surface area contributed by atoms with Gasteiger partial charge in [-0.05, 0) is 31.0 Å². The van der Waals surface area contributed by atoms with Crippen LogP contribution in [0.2, 0.25) is 5.02 Å². The zero-order valence-electron chi connectivity index (χ0n) is 9.20. The van der Waals surface area contributed by atoms with Gasteiger partial charge in [0.25, 0.3) is 0 Å². The van der Waals surface area contributed by atoms with Gasteiger partial charge in [0.05, 0.1) is 10.9 Å².